The molecule has 112 valence electrons. The summed E-state index contributed by atoms with van der Waals surface area (Å²) in [6.45, 7) is 2.58. The van der Waals surface area contributed by atoms with E-state index in [-0.39, 0.29) is 11.9 Å². The molecule has 0 bridgehead atoms. The minimum Gasteiger partial charge on any atom is -0.338 e. The summed E-state index contributed by atoms with van der Waals surface area (Å²) in [6.07, 6.45) is 0.864. The first-order chi connectivity index (χ1) is 10.0. The molecule has 1 aliphatic rings. The van der Waals surface area contributed by atoms with Crippen LogP contribution in [0.3, 0.4) is 0 Å². The van der Waals surface area contributed by atoms with Gasteiger partial charge in [0.25, 0.3) is 5.91 Å². The second kappa shape index (κ2) is 6.25. The highest BCUT2D eigenvalue weighted by atomic mass is 16.2. The fourth-order valence-electron chi connectivity index (χ4n) is 1.97. The molecule has 1 atom stereocenters. The van der Waals surface area contributed by atoms with Crippen LogP contribution in [-0.2, 0) is 4.79 Å². The minimum atomic E-state index is -0.662. The number of likely N-dealkylation sites (N-methyl/N-ethyl adjacent to an activating group) is 1. The van der Waals surface area contributed by atoms with Crippen molar-refractivity contribution >= 4 is 23.7 Å². The fraction of sp³-hybridized carbons (Fsp3) is 0.357. The number of hydrogen-bond acceptors (Lipinski definition) is 3. The number of urea groups is 2. The number of hydrogen-bond donors (Lipinski definition) is 3. The number of nitrogens with one attached hydrogen (secondary N) is 3. The maximum absolute atomic E-state index is 11.9. The summed E-state index contributed by atoms with van der Waals surface area (Å²) in [7, 11) is 1.44. The summed E-state index contributed by atoms with van der Waals surface area (Å²) in [5.41, 5.74) is 1.30. The number of imide groups is 1. The average molecular weight is 290 g/mol. The lowest BCUT2D eigenvalue weighted by Gasteiger charge is -2.10. The van der Waals surface area contributed by atoms with Crippen LogP contribution in [0.15, 0.2) is 24.3 Å². The van der Waals surface area contributed by atoms with Crippen LogP contribution in [-0.4, -0.2) is 36.5 Å². The van der Waals surface area contributed by atoms with E-state index in [1.807, 2.05) is 6.92 Å². The van der Waals surface area contributed by atoms with Crippen LogP contribution < -0.4 is 16.0 Å². The van der Waals surface area contributed by atoms with Gasteiger partial charge >= 0.3 is 12.1 Å². The molecule has 1 saturated heterocycles. The molecule has 1 heterocycles. The van der Waals surface area contributed by atoms with E-state index in [0.29, 0.717) is 17.8 Å². The van der Waals surface area contributed by atoms with Gasteiger partial charge < -0.3 is 16.0 Å². The van der Waals surface area contributed by atoms with Gasteiger partial charge in [-0.3, -0.25) is 9.69 Å². The first-order valence-corrected chi connectivity index (χ1v) is 6.75. The largest absolute Gasteiger partial charge is 0.338 e. The molecule has 1 fully saturated rings. The van der Waals surface area contributed by atoms with Crippen molar-refractivity contribution in [2.75, 3.05) is 18.9 Å². The molecule has 3 N–H and O–H groups in total. The molecular formula is C14H18N4O3. The highest BCUT2D eigenvalue weighted by Crippen LogP contribution is 2.22. The number of anilines is 1. The molecular weight excluding hydrogens is 272 g/mol. The third-order valence-electron chi connectivity index (χ3n) is 3.19. The van der Waals surface area contributed by atoms with Crippen LogP contribution in [0.25, 0.3) is 0 Å². The van der Waals surface area contributed by atoms with E-state index in [1.165, 1.54) is 7.05 Å². The molecule has 2 rings (SSSR count). The summed E-state index contributed by atoms with van der Waals surface area (Å²) in [4.78, 5) is 35.8. The monoisotopic (exact) mass is 290 g/mol. The minimum absolute atomic E-state index is 0.269. The van der Waals surface area contributed by atoms with E-state index in [9.17, 15) is 14.4 Å². The molecule has 0 aromatic heterocycles. The molecule has 1 aromatic rings. The van der Waals surface area contributed by atoms with Crippen molar-refractivity contribution in [1.29, 1.82) is 0 Å². The molecule has 1 unspecified atom stereocenters. The van der Waals surface area contributed by atoms with Gasteiger partial charge in [0.2, 0.25) is 0 Å². The van der Waals surface area contributed by atoms with E-state index in [0.717, 1.165) is 11.3 Å². The summed E-state index contributed by atoms with van der Waals surface area (Å²) in [5.74, 6) is -0.290. The third kappa shape index (κ3) is 3.31. The van der Waals surface area contributed by atoms with Gasteiger partial charge in [0.05, 0.1) is 0 Å². The quantitative estimate of drug-likeness (QED) is 0.733. The van der Waals surface area contributed by atoms with E-state index in [1.54, 1.807) is 24.3 Å². The summed E-state index contributed by atoms with van der Waals surface area (Å²) < 4.78 is 0. The van der Waals surface area contributed by atoms with Crippen molar-refractivity contribution in [3.63, 3.8) is 0 Å². The molecule has 1 aromatic carbocycles. The fourth-order valence-corrected chi connectivity index (χ4v) is 1.97. The van der Waals surface area contributed by atoms with Crippen molar-refractivity contribution in [2.24, 2.45) is 0 Å². The van der Waals surface area contributed by atoms with Crippen LogP contribution >= 0.6 is 0 Å². The van der Waals surface area contributed by atoms with Gasteiger partial charge in [0.15, 0.2) is 0 Å². The standard InChI is InChI=1S/C14H18N4O3/c1-3-8-15-13(20)16-10-6-4-9(5-7-10)11-12(19)18(2)14(21)17-11/h4-7,11H,3,8H2,1-2H3,(H,17,21)(H2,15,16,20). The van der Waals surface area contributed by atoms with Gasteiger partial charge in [-0.05, 0) is 24.1 Å². The van der Waals surface area contributed by atoms with E-state index >= 15 is 0 Å². The number of carbonyl (C=O) groups is 3. The Morgan fingerprint density at radius 1 is 1.29 bits per heavy atom. The second-order valence-corrected chi connectivity index (χ2v) is 4.78. The maximum atomic E-state index is 11.9. The van der Waals surface area contributed by atoms with Crippen molar-refractivity contribution in [3.8, 4) is 0 Å². The van der Waals surface area contributed by atoms with Crippen LogP contribution in [0.5, 0.6) is 0 Å². The molecule has 0 saturated carbocycles. The van der Waals surface area contributed by atoms with Crippen molar-refractivity contribution in [2.45, 2.75) is 19.4 Å². The Balaban J connectivity index is 2.01. The summed E-state index contributed by atoms with van der Waals surface area (Å²) in [6, 6.07) is 5.46. The topological polar surface area (TPSA) is 90.5 Å². The smallest absolute Gasteiger partial charge is 0.324 e. The number of benzene rings is 1. The van der Waals surface area contributed by atoms with Crippen molar-refractivity contribution < 1.29 is 14.4 Å². The lowest BCUT2D eigenvalue weighted by molar-refractivity contribution is -0.126. The SMILES string of the molecule is CCCNC(=O)Nc1ccc(C2NC(=O)N(C)C2=O)cc1. The Kier molecular flexibility index (Phi) is 4.42. The van der Waals surface area contributed by atoms with Gasteiger partial charge in [-0.25, -0.2) is 9.59 Å². The van der Waals surface area contributed by atoms with E-state index < -0.39 is 12.1 Å². The Labute approximate surface area is 122 Å². The average Bonchev–Trinajstić information content (AvgIpc) is 2.73. The van der Waals surface area contributed by atoms with Gasteiger partial charge in [-0.15, -0.1) is 0 Å². The Hall–Kier alpha value is -2.57. The lowest BCUT2D eigenvalue weighted by atomic mass is 10.1. The van der Waals surface area contributed by atoms with Crippen molar-refractivity contribution in [3.05, 3.63) is 29.8 Å². The number of amides is 5. The molecule has 0 spiro atoms. The highest BCUT2D eigenvalue weighted by molar-refractivity contribution is 6.04. The van der Waals surface area contributed by atoms with Gasteiger partial charge in [0.1, 0.15) is 6.04 Å². The Morgan fingerprint density at radius 3 is 2.48 bits per heavy atom. The Morgan fingerprint density at radius 2 is 1.95 bits per heavy atom. The van der Waals surface area contributed by atoms with E-state index in [4.69, 9.17) is 0 Å². The third-order valence-corrected chi connectivity index (χ3v) is 3.19. The Bertz CT molecular complexity index is 556. The molecule has 7 heteroatoms. The van der Waals surface area contributed by atoms with Crippen LogP contribution in [0.4, 0.5) is 15.3 Å². The molecule has 0 aliphatic carbocycles. The van der Waals surface area contributed by atoms with Crippen LogP contribution in [0.2, 0.25) is 0 Å². The molecule has 0 radical (unpaired) electrons. The predicted octanol–water partition coefficient (Wildman–Crippen LogP) is 1.44. The number of carbonyl (C=O) groups excluding carboxylic acids is 3. The van der Waals surface area contributed by atoms with Crippen molar-refractivity contribution in [1.82, 2.24) is 15.5 Å². The lowest BCUT2D eigenvalue weighted by Crippen LogP contribution is -2.29. The van der Waals surface area contributed by atoms with Gasteiger partial charge in [-0.2, -0.15) is 0 Å². The van der Waals surface area contributed by atoms with Crippen LogP contribution in [0.1, 0.15) is 24.9 Å². The van der Waals surface area contributed by atoms with Crippen LogP contribution in [0, 0.1) is 0 Å². The zero-order chi connectivity index (χ0) is 15.4. The number of rotatable bonds is 4. The molecule has 5 amide bonds. The van der Waals surface area contributed by atoms with Gasteiger partial charge in [-0.1, -0.05) is 19.1 Å². The molecule has 21 heavy (non-hydrogen) atoms. The summed E-state index contributed by atoms with van der Waals surface area (Å²) in [5, 5.41) is 7.99. The zero-order valence-electron chi connectivity index (χ0n) is 12.0. The predicted molar refractivity (Wildman–Crippen MR) is 77.8 cm³/mol. The zero-order valence-corrected chi connectivity index (χ0v) is 12.0. The maximum Gasteiger partial charge on any atom is 0.324 e. The first kappa shape index (κ1) is 14.8. The second-order valence-electron chi connectivity index (χ2n) is 4.78. The van der Waals surface area contributed by atoms with E-state index in [2.05, 4.69) is 16.0 Å². The summed E-state index contributed by atoms with van der Waals surface area (Å²) >= 11 is 0. The molecule has 7 nitrogen and oxygen atoms in total. The van der Waals surface area contributed by atoms with Gasteiger partial charge in [0, 0.05) is 19.3 Å². The first-order valence-electron chi connectivity index (χ1n) is 6.75. The molecule has 1 aliphatic heterocycles. The number of nitrogens with zero attached hydrogens (tertiary/aromatic N) is 1. The normalized spacial score (nSPS) is 17.6. The highest BCUT2D eigenvalue weighted by Gasteiger charge is 2.36.